The molecule has 18 heavy (non-hydrogen) atoms. The van der Waals surface area contributed by atoms with Gasteiger partial charge in [-0.25, -0.2) is 0 Å². The minimum absolute atomic E-state index is 0.110. The fourth-order valence-electron chi connectivity index (χ4n) is 1.99. The maximum atomic E-state index is 12.2. The highest BCUT2D eigenvalue weighted by Crippen LogP contribution is 2.13. The van der Waals surface area contributed by atoms with Crippen molar-refractivity contribution >= 4 is 11.6 Å². The second-order valence-corrected chi connectivity index (χ2v) is 4.52. The summed E-state index contributed by atoms with van der Waals surface area (Å²) in [5, 5.41) is 6.36. The van der Waals surface area contributed by atoms with Crippen molar-refractivity contribution in [2.75, 3.05) is 31.5 Å². The number of nitrogens with one attached hydrogen (secondary N) is 2. The van der Waals surface area contributed by atoms with E-state index in [4.69, 9.17) is 0 Å². The fourth-order valence-corrected chi connectivity index (χ4v) is 1.99. The molecule has 0 unspecified atom stereocenters. The van der Waals surface area contributed by atoms with E-state index >= 15 is 0 Å². The highest BCUT2D eigenvalue weighted by Gasteiger charge is 2.17. The number of allylic oxidation sites excluding steroid dienone is 1. The van der Waals surface area contributed by atoms with Crippen LogP contribution in [-0.2, 0) is 0 Å². The molecule has 1 saturated heterocycles. The fraction of sp³-hybridized carbons (Fsp3) is 0.357. The zero-order valence-corrected chi connectivity index (χ0v) is 10.7. The van der Waals surface area contributed by atoms with Crippen molar-refractivity contribution in [3.8, 4) is 0 Å². The summed E-state index contributed by atoms with van der Waals surface area (Å²) in [6, 6.07) is 7.53. The predicted octanol–water partition coefficient (Wildman–Crippen LogP) is 1.68. The van der Waals surface area contributed by atoms with Crippen molar-refractivity contribution in [3.05, 3.63) is 42.1 Å². The van der Waals surface area contributed by atoms with E-state index in [0.29, 0.717) is 0 Å². The molecule has 96 valence electrons. The Labute approximate surface area is 108 Å². The van der Waals surface area contributed by atoms with E-state index in [-0.39, 0.29) is 5.91 Å². The van der Waals surface area contributed by atoms with Crippen LogP contribution in [0.25, 0.3) is 0 Å². The van der Waals surface area contributed by atoms with Gasteiger partial charge in [0.05, 0.1) is 0 Å². The van der Waals surface area contributed by atoms with E-state index in [9.17, 15) is 4.79 Å². The SMILES string of the molecule is C=C(C)Nc1ccc(C(=O)N2CCNCC2)cc1. The van der Waals surface area contributed by atoms with E-state index in [1.54, 1.807) is 0 Å². The number of hydrogen-bond acceptors (Lipinski definition) is 3. The lowest BCUT2D eigenvalue weighted by molar-refractivity contribution is 0.0736. The summed E-state index contributed by atoms with van der Waals surface area (Å²) in [6.45, 7) is 9.01. The maximum Gasteiger partial charge on any atom is 0.253 e. The van der Waals surface area contributed by atoms with Crippen LogP contribution in [-0.4, -0.2) is 37.0 Å². The van der Waals surface area contributed by atoms with Gasteiger partial charge in [-0.2, -0.15) is 0 Å². The van der Waals surface area contributed by atoms with Gasteiger partial charge in [0.2, 0.25) is 0 Å². The van der Waals surface area contributed by atoms with Crippen LogP contribution in [0.3, 0.4) is 0 Å². The zero-order valence-electron chi connectivity index (χ0n) is 10.7. The number of rotatable bonds is 3. The number of carbonyl (C=O) groups excluding carboxylic acids is 1. The summed E-state index contributed by atoms with van der Waals surface area (Å²) in [4.78, 5) is 14.1. The van der Waals surface area contributed by atoms with Crippen LogP contribution in [0.4, 0.5) is 5.69 Å². The molecule has 1 heterocycles. The van der Waals surface area contributed by atoms with Crippen LogP contribution < -0.4 is 10.6 Å². The lowest BCUT2D eigenvalue weighted by atomic mass is 10.1. The van der Waals surface area contributed by atoms with Crippen molar-refractivity contribution < 1.29 is 4.79 Å². The molecule has 4 heteroatoms. The Morgan fingerprint density at radius 1 is 1.28 bits per heavy atom. The molecule has 0 aliphatic carbocycles. The molecule has 1 aliphatic heterocycles. The van der Waals surface area contributed by atoms with Crippen LogP contribution in [0.1, 0.15) is 17.3 Å². The first-order valence-corrected chi connectivity index (χ1v) is 6.19. The van der Waals surface area contributed by atoms with E-state index in [1.807, 2.05) is 36.1 Å². The van der Waals surface area contributed by atoms with Crippen LogP contribution in [0, 0.1) is 0 Å². The van der Waals surface area contributed by atoms with Gasteiger partial charge in [0.15, 0.2) is 0 Å². The summed E-state index contributed by atoms with van der Waals surface area (Å²) in [7, 11) is 0. The van der Waals surface area contributed by atoms with Gasteiger partial charge in [0.25, 0.3) is 5.91 Å². The van der Waals surface area contributed by atoms with Crippen molar-refractivity contribution in [3.63, 3.8) is 0 Å². The topological polar surface area (TPSA) is 44.4 Å². The number of hydrogen-bond donors (Lipinski definition) is 2. The van der Waals surface area contributed by atoms with Crippen molar-refractivity contribution in [1.29, 1.82) is 0 Å². The third-order valence-corrected chi connectivity index (χ3v) is 2.89. The maximum absolute atomic E-state index is 12.2. The predicted molar refractivity (Wildman–Crippen MR) is 73.7 cm³/mol. The molecule has 1 aromatic carbocycles. The first-order valence-electron chi connectivity index (χ1n) is 6.19. The Hall–Kier alpha value is -1.81. The van der Waals surface area contributed by atoms with Crippen molar-refractivity contribution in [1.82, 2.24) is 10.2 Å². The Morgan fingerprint density at radius 2 is 1.89 bits per heavy atom. The number of piperazine rings is 1. The quantitative estimate of drug-likeness (QED) is 0.851. The summed E-state index contributed by atoms with van der Waals surface area (Å²) >= 11 is 0. The Bertz CT molecular complexity index is 433. The minimum atomic E-state index is 0.110. The molecule has 2 rings (SSSR count). The molecule has 0 saturated carbocycles. The molecule has 0 atom stereocenters. The van der Waals surface area contributed by atoms with E-state index in [0.717, 1.165) is 43.1 Å². The molecule has 2 N–H and O–H groups in total. The molecule has 1 aliphatic rings. The third-order valence-electron chi connectivity index (χ3n) is 2.89. The molecule has 0 bridgehead atoms. The zero-order chi connectivity index (χ0) is 13.0. The van der Waals surface area contributed by atoms with Crippen LogP contribution in [0.2, 0.25) is 0 Å². The van der Waals surface area contributed by atoms with Gasteiger partial charge in [-0.15, -0.1) is 0 Å². The average molecular weight is 245 g/mol. The smallest absolute Gasteiger partial charge is 0.253 e. The number of carbonyl (C=O) groups is 1. The molecular formula is C14H19N3O. The summed E-state index contributed by atoms with van der Waals surface area (Å²) in [5.74, 6) is 0.110. The van der Waals surface area contributed by atoms with Crippen LogP contribution in [0.15, 0.2) is 36.5 Å². The first-order chi connectivity index (χ1) is 8.66. The van der Waals surface area contributed by atoms with E-state index in [1.165, 1.54) is 0 Å². The van der Waals surface area contributed by atoms with Crippen molar-refractivity contribution in [2.45, 2.75) is 6.92 Å². The van der Waals surface area contributed by atoms with Gasteiger partial charge in [-0.05, 0) is 31.2 Å². The highest BCUT2D eigenvalue weighted by atomic mass is 16.2. The molecule has 0 spiro atoms. The van der Waals surface area contributed by atoms with Gasteiger partial charge in [-0.1, -0.05) is 6.58 Å². The number of benzene rings is 1. The molecule has 1 aromatic rings. The Balaban J connectivity index is 2.04. The third kappa shape index (κ3) is 3.11. The molecule has 1 fully saturated rings. The second-order valence-electron chi connectivity index (χ2n) is 4.52. The average Bonchev–Trinajstić information content (AvgIpc) is 2.39. The van der Waals surface area contributed by atoms with Gasteiger partial charge in [0.1, 0.15) is 0 Å². The lowest BCUT2D eigenvalue weighted by Crippen LogP contribution is -2.46. The molecule has 0 radical (unpaired) electrons. The van der Waals surface area contributed by atoms with Gasteiger partial charge >= 0.3 is 0 Å². The lowest BCUT2D eigenvalue weighted by Gasteiger charge is -2.27. The number of nitrogens with zero attached hydrogens (tertiary/aromatic N) is 1. The number of anilines is 1. The standard InChI is InChI=1S/C14H19N3O/c1-11(2)16-13-5-3-12(4-6-13)14(18)17-9-7-15-8-10-17/h3-6,15-16H,1,7-10H2,2H3. The van der Waals surface area contributed by atoms with E-state index < -0.39 is 0 Å². The van der Waals surface area contributed by atoms with Gasteiger partial charge < -0.3 is 15.5 Å². The Morgan fingerprint density at radius 3 is 2.44 bits per heavy atom. The summed E-state index contributed by atoms with van der Waals surface area (Å²) in [6.07, 6.45) is 0. The van der Waals surface area contributed by atoms with Crippen LogP contribution in [0.5, 0.6) is 0 Å². The van der Waals surface area contributed by atoms with E-state index in [2.05, 4.69) is 17.2 Å². The molecule has 0 aromatic heterocycles. The van der Waals surface area contributed by atoms with Crippen LogP contribution >= 0.6 is 0 Å². The first kappa shape index (κ1) is 12.6. The van der Waals surface area contributed by atoms with Gasteiger partial charge in [0, 0.05) is 43.1 Å². The minimum Gasteiger partial charge on any atom is -0.360 e. The normalized spacial score (nSPS) is 15.3. The number of amides is 1. The monoisotopic (exact) mass is 245 g/mol. The Kier molecular flexibility index (Phi) is 3.99. The molecule has 1 amide bonds. The molecule has 4 nitrogen and oxygen atoms in total. The van der Waals surface area contributed by atoms with Crippen molar-refractivity contribution in [2.24, 2.45) is 0 Å². The molecular weight excluding hydrogens is 226 g/mol. The second kappa shape index (κ2) is 5.69. The largest absolute Gasteiger partial charge is 0.360 e. The van der Waals surface area contributed by atoms with Gasteiger partial charge in [-0.3, -0.25) is 4.79 Å². The highest BCUT2D eigenvalue weighted by molar-refractivity contribution is 5.94. The summed E-state index contributed by atoms with van der Waals surface area (Å²) in [5.41, 5.74) is 2.58. The summed E-state index contributed by atoms with van der Waals surface area (Å²) < 4.78 is 0.